The molecule has 0 amide bonds. The Morgan fingerprint density at radius 1 is 1.38 bits per heavy atom. The Hall–Kier alpha value is -1.77. The van der Waals surface area contributed by atoms with Gasteiger partial charge in [0.1, 0.15) is 5.82 Å². The lowest BCUT2D eigenvalue weighted by Crippen LogP contribution is -2.43. The van der Waals surface area contributed by atoms with E-state index in [0.29, 0.717) is 6.54 Å². The smallest absolute Gasteiger partial charge is 0.208 e. The van der Waals surface area contributed by atoms with Crippen molar-refractivity contribution in [2.24, 2.45) is 0 Å². The number of hydrogen-bond donors (Lipinski definition) is 2. The normalized spacial score (nSPS) is 17.2. The standard InChI is InChI=1S/C16H21FN4O2S/c1-24(22,23)20-15-5-7-21(8-6-15)11-13-10-18-19-16(13)12-3-2-4-14(17)9-12/h2-4,9-10,15,20H,5-8,11H2,1H3,(H,18,19). The summed E-state index contributed by atoms with van der Waals surface area (Å²) in [5.41, 5.74) is 2.61. The Labute approximate surface area is 141 Å². The van der Waals surface area contributed by atoms with Gasteiger partial charge in [0.2, 0.25) is 10.0 Å². The molecule has 2 N–H and O–H groups in total. The van der Waals surface area contributed by atoms with Crippen LogP contribution in [0, 0.1) is 5.82 Å². The van der Waals surface area contributed by atoms with E-state index in [1.165, 1.54) is 18.4 Å². The lowest BCUT2D eigenvalue weighted by molar-refractivity contribution is 0.200. The lowest BCUT2D eigenvalue weighted by Gasteiger charge is -2.31. The molecular weight excluding hydrogens is 331 g/mol. The number of H-pyrrole nitrogens is 1. The summed E-state index contributed by atoms with van der Waals surface area (Å²) in [5, 5.41) is 7.04. The summed E-state index contributed by atoms with van der Waals surface area (Å²) in [6.07, 6.45) is 4.51. The molecule has 0 unspecified atom stereocenters. The molecule has 0 aliphatic carbocycles. The number of aromatic amines is 1. The van der Waals surface area contributed by atoms with Gasteiger partial charge in [0.05, 0.1) is 18.1 Å². The first kappa shape index (κ1) is 17.1. The maximum Gasteiger partial charge on any atom is 0.208 e. The molecule has 0 radical (unpaired) electrons. The van der Waals surface area contributed by atoms with E-state index in [2.05, 4.69) is 19.8 Å². The number of nitrogens with zero attached hydrogens (tertiary/aromatic N) is 2. The van der Waals surface area contributed by atoms with Crippen molar-refractivity contribution in [1.29, 1.82) is 0 Å². The van der Waals surface area contributed by atoms with Gasteiger partial charge in [-0.05, 0) is 25.0 Å². The quantitative estimate of drug-likeness (QED) is 0.859. The third-order valence-corrected chi connectivity index (χ3v) is 4.95. The molecule has 1 saturated heterocycles. The number of nitrogens with one attached hydrogen (secondary N) is 2. The van der Waals surface area contributed by atoms with Crippen molar-refractivity contribution in [3.63, 3.8) is 0 Å². The Morgan fingerprint density at radius 3 is 2.79 bits per heavy atom. The van der Waals surface area contributed by atoms with Crippen LogP contribution in [0.5, 0.6) is 0 Å². The Kier molecular flexibility index (Phi) is 4.98. The van der Waals surface area contributed by atoms with Crippen LogP contribution in [0.3, 0.4) is 0 Å². The first-order valence-electron chi connectivity index (χ1n) is 7.88. The first-order valence-corrected chi connectivity index (χ1v) is 9.78. The fourth-order valence-corrected chi connectivity index (χ4v) is 3.92. The van der Waals surface area contributed by atoms with Gasteiger partial charge in [-0.3, -0.25) is 10.00 Å². The summed E-state index contributed by atoms with van der Waals surface area (Å²) < 4.78 is 38.7. The molecule has 130 valence electrons. The summed E-state index contributed by atoms with van der Waals surface area (Å²) in [5.74, 6) is -0.277. The molecule has 0 spiro atoms. The molecule has 1 fully saturated rings. The molecule has 1 aromatic carbocycles. The van der Waals surface area contributed by atoms with Crippen LogP contribution in [0.15, 0.2) is 30.5 Å². The van der Waals surface area contributed by atoms with E-state index in [-0.39, 0.29) is 11.9 Å². The minimum Gasteiger partial charge on any atom is -0.299 e. The van der Waals surface area contributed by atoms with E-state index in [9.17, 15) is 12.8 Å². The molecule has 1 aliphatic heterocycles. The highest BCUT2D eigenvalue weighted by atomic mass is 32.2. The summed E-state index contributed by atoms with van der Waals surface area (Å²) >= 11 is 0. The minimum absolute atomic E-state index is 0.00305. The van der Waals surface area contributed by atoms with Crippen LogP contribution < -0.4 is 4.72 Å². The number of benzene rings is 1. The largest absolute Gasteiger partial charge is 0.299 e. The molecular formula is C16H21FN4O2S. The van der Waals surface area contributed by atoms with Gasteiger partial charge in [0.25, 0.3) is 0 Å². The van der Waals surface area contributed by atoms with E-state index < -0.39 is 10.0 Å². The van der Waals surface area contributed by atoms with Crippen molar-refractivity contribution in [2.75, 3.05) is 19.3 Å². The summed E-state index contributed by atoms with van der Waals surface area (Å²) in [6, 6.07) is 6.43. The van der Waals surface area contributed by atoms with Gasteiger partial charge < -0.3 is 0 Å². The van der Waals surface area contributed by atoms with Crippen molar-refractivity contribution in [1.82, 2.24) is 19.8 Å². The zero-order valence-electron chi connectivity index (χ0n) is 13.5. The minimum atomic E-state index is -3.16. The van der Waals surface area contributed by atoms with Crippen LogP contribution >= 0.6 is 0 Å². The maximum atomic E-state index is 13.4. The monoisotopic (exact) mass is 352 g/mol. The van der Waals surface area contributed by atoms with Gasteiger partial charge in [-0.1, -0.05) is 12.1 Å². The zero-order valence-corrected chi connectivity index (χ0v) is 14.3. The Bertz CT molecular complexity index is 798. The summed E-state index contributed by atoms with van der Waals surface area (Å²) in [7, 11) is -3.16. The average Bonchev–Trinajstić information content (AvgIpc) is 2.96. The second kappa shape index (κ2) is 7.00. The molecule has 6 nitrogen and oxygen atoms in total. The molecule has 24 heavy (non-hydrogen) atoms. The van der Waals surface area contributed by atoms with Crippen LogP contribution in [-0.2, 0) is 16.6 Å². The Balaban J connectivity index is 1.63. The highest BCUT2D eigenvalue weighted by molar-refractivity contribution is 7.88. The number of likely N-dealkylation sites (tertiary alicyclic amines) is 1. The van der Waals surface area contributed by atoms with E-state index in [0.717, 1.165) is 42.8 Å². The number of halogens is 1. The van der Waals surface area contributed by atoms with E-state index in [1.807, 2.05) is 6.07 Å². The molecule has 0 atom stereocenters. The average molecular weight is 352 g/mol. The molecule has 0 saturated carbocycles. The third kappa shape index (κ3) is 4.40. The van der Waals surface area contributed by atoms with Crippen molar-refractivity contribution in [3.05, 3.63) is 41.8 Å². The van der Waals surface area contributed by atoms with Crippen molar-refractivity contribution in [2.45, 2.75) is 25.4 Å². The number of rotatable bonds is 5. The molecule has 1 aromatic heterocycles. The fraction of sp³-hybridized carbons (Fsp3) is 0.438. The van der Waals surface area contributed by atoms with Crippen LogP contribution in [0.2, 0.25) is 0 Å². The number of hydrogen-bond acceptors (Lipinski definition) is 4. The zero-order chi connectivity index (χ0) is 17.2. The number of piperidine rings is 1. The molecule has 0 bridgehead atoms. The second-order valence-electron chi connectivity index (χ2n) is 6.22. The topological polar surface area (TPSA) is 78.1 Å². The number of sulfonamides is 1. The first-order chi connectivity index (χ1) is 11.4. The Morgan fingerprint density at radius 2 is 2.12 bits per heavy atom. The summed E-state index contributed by atoms with van der Waals surface area (Å²) in [4.78, 5) is 2.26. The van der Waals surface area contributed by atoms with Crippen LogP contribution in [0.4, 0.5) is 4.39 Å². The van der Waals surface area contributed by atoms with Crippen molar-refractivity contribution >= 4 is 10.0 Å². The SMILES string of the molecule is CS(=O)(=O)NC1CCN(Cc2cn[nH]c2-c2cccc(F)c2)CC1. The predicted octanol–water partition coefficient (Wildman–Crippen LogP) is 1.73. The maximum absolute atomic E-state index is 13.4. The van der Waals surface area contributed by atoms with Crippen LogP contribution in [0.25, 0.3) is 11.3 Å². The summed E-state index contributed by atoms with van der Waals surface area (Å²) in [6.45, 7) is 2.32. The number of aromatic nitrogens is 2. The van der Waals surface area contributed by atoms with E-state index in [1.54, 1.807) is 12.3 Å². The van der Waals surface area contributed by atoms with Gasteiger partial charge in [-0.2, -0.15) is 5.10 Å². The van der Waals surface area contributed by atoms with Gasteiger partial charge >= 0.3 is 0 Å². The van der Waals surface area contributed by atoms with Crippen molar-refractivity contribution in [3.8, 4) is 11.3 Å². The van der Waals surface area contributed by atoms with E-state index >= 15 is 0 Å². The van der Waals surface area contributed by atoms with Crippen LogP contribution in [0.1, 0.15) is 18.4 Å². The molecule has 2 heterocycles. The van der Waals surface area contributed by atoms with Crippen molar-refractivity contribution < 1.29 is 12.8 Å². The molecule has 3 rings (SSSR count). The highest BCUT2D eigenvalue weighted by Gasteiger charge is 2.22. The predicted molar refractivity (Wildman–Crippen MR) is 90.3 cm³/mol. The second-order valence-corrected chi connectivity index (χ2v) is 8.00. The lowest BCUT2D eigenvalue weighted by atomic mass is 10.0. The van der Waals surface area contributed by atoms with Gasteiger partial charge in [-0.25, -0.2) is 17.5 Å². The van der Waals surface area contributed by atoms with Crippen LogP contribution in [-0.4, -0.2) is 48.9 Å². The molecule has 1 aliphatic rings. The van der Waals surface area contributed by atoms with Gasteiger partial charge in [0.15, 0.2) is 0 Å². The van der Waals surface area contributed by atoms with E-state index in [4.69, 9.17) is 0 Å². The van der Waals surface area contributed by atoms with Gasteiger partial charge in [-0.15, -0.1) is 0 Å². The van der Waals surface area contributed by atoms with Gasteiger partial charge in [0, 0.05) is 36.8 Å². The molecule has 2 aromatic rings. The molecule has 8 heteroatoms. The highest BCUT2D eigenvalue weighted by Crippen LogP contribution is 2.24. The fourth-order valence-electron chi connectivity index (χ4n) is 3.08. The third-order valence-electron chi connectivity index (χ3n) is 4.19.